The molecule has 1 aromatic carbocycles. The summed E-state index contributed by atoms with van der Waals surface area (Å²) in [4.78, 5) is 76.5. The summed E-state index contributed by atoms with van der Waals surface area (Å²) in [7, 11) is 0. The molecule has 19 nitrogen and oxygen atoms in total. The fourth-order valence-corrected chi connectivity index (χ4v) is 6.80. The van der Waals surface area contributed by atoms with Crippen molar-refractivity contribution in [1.82, 2.24) is 26.1 Å². The quantitative estimate of drug-likeness (QED) is 0.0152. The number of rotatable bonds is 18. The molecule has 5 amide bonds. The summed E-state index contributed by atoms with van der Waals surface area (Å²) in [6.07, 6.45) is 4.84. The second-order valence-electron chi connectivity index (χ2n) is 16.8. The molecule has 3 rings (SSSR count). The highest BCUT2D eigenvalue weighted by Gasteiger charge is 2.31. The van der Waals surface area contributed by atoms with Crippen LogP contribution in [-0.2, 0) is 35.3 Å². The highest BCUT2D eigenvalue weighted by atomic mass is 16.5. The van der Waals surface area contributed by atoms with Crippen molar-refractivity contribution in [1.29, 1.82) is 0 Å². The summed E-state index contributed by atoms with van der Waals surface area (Å²) in [5.41, 5.74) is 11.1. The Kier molecular flexibility index (Phi) is 20.2. The molecule has 2 heterocycles. The van der Waals surface area contributed by atoms with Crippen LogP contribution in [0.15, 0.2) is 41.2 Å². The van der Waals surface area contributed by atoms with Crippen LogP contribution in [0.2, 0.25) is 0 Å². The van der Waals surface area contributed by atoms with E-state index in [4.69, 9.17) is 20.6 Å². The van der Waals surface area contributed by atoms with Gasteiger partial charge in [-0.25, -0.2) is 19.3 Å². The lowest BCUT2D eigenvalue weighted by Crippen LogP contribution is -2.48. The Morgan fingerprint density at radius 1 is 1.05 bits per heavy atom. The number of phenolic OH excluding ortho intramolecular Hbond substituents is 2. The minimum atomic E-state index is -1.27. The molecular weight excluding hydrogens is 782 g/mol. The van der Waals surface area contributed by atoms with E-state index in [2.05, 4.69) is 36.7 Å². The van der Waals surface area contributed by atoms with Gasteiger partial charge in [0.1, 0.15) is 23.8 Å². The molecule has 0 aliphatic carbocycles. The van der Waals surface area contributed by atoms with Gasteiger partial charge in [0.05, 0.1) is 18.5 Å². The largest absolute Gasteiger partial charge is 0.504 e. The van der Waals surface area contributed by atoms with Crippen LogP contribution in [0.4, 0.5) is 5.69 Å². The van der Waals surface area contributed by atoms with Crippen LogP contribution in [-0.4, -0.2) is 104 Å². The van der Waals surface area contributed by atoms with Crippen molar-refractivity contribution in [2.24, 2.45) is 16.6 Å². The molecule has 0 saturated carbocycles. The summed E-state index contributed by atoms with van der Waals surface area (Å²) in [5.74, 6) is -5.73. The minimum Gasteiger partial charge on any atom is -0.504 e. The average Bonchev–Trinajstić information content (AvgIpc) is 3.31. The molecule has 3 unspecified atom stereocenters. The number of nitrogens with two attached hydrogens (primary N) is 2. The number of aromatic hydroxyl groups is 2. The third-order valence-electron chi connectivity index (χ3n) is 9.20. The van der Waals surface area contributed by atoms with Crippen molar-refractivity contribution in [2.75, 3.05) is 25.4 Å². The molecule has 60 heavy (non-hydrogen) atoms. The molecule has 1 saturated heterocycles. The van der Waals surface area contributed by atoms with E-state index in [9.17, 15) is 49.4 Å². The van der Waals surface area contributed by atoms with Gasteiger partial charge < -0.3 is 42.4 Å². The number of ether oxygens (including phenoxy) is 1. The molecule has 0 spiro atoms. The molecule has 19 heteroatoms. The highest BCUT2D eigenvalue weighted by Crippen LogP contribution is 2.36. The van der Waals surface area contributed by atoms with Crippen molar-refractivity contribution < 1.29 is 58.5 Å². The second kappa shape index (κ2) is 23.9. The maximum Gasteiger partial charge on any atom is 0.328 e. The number of nitrogens with zero attached hydrogens (tertiary/aromatic N) is 2. The number of nitrogens with one attached hydrogen (secondary N) is 3. The Hall–Kier alpha value is -5.53. The number of hydrogen-bond acceptors (Lipinski definition) is 13. The lowest BCUT2D eigenvalue weighted by Gasteiger charge is -2.32. The fourth-order valence-electron chi connectivity index (χ4n) is 6.80. The van der Waals surface area contributed by atoms with E-state index in [-0.39, 0.29) is 61.7 Å². The first-order valence-corrected chi connectivity index (χ1v) is 19.9. The Labute approximate surface area is 350 Å². The Morgan fingerprint density at radius 2 is 1.75 bits per heavy atom. The number of carbonyl (C=O) groups is 6. The number of carbonyl (C=O) groups excluding carboxylic acids is 6. The molecule has 1 aliphatic heterocycles. The van der Waals surface area contributed by atoms with Gasteiger partial charge in [-0.2, -0.15) is 0 Å². The smallest absolute Gasteiger partial charge is 0.328 e. The number of phenols is 2. The van der Waals surface area contributed by atoms with Crippen molar-refractivity contribution in [3.8, 4) is 11.5 Å². The number of benzene rings is 1. The van der Waals surface area contributed by atoms with Gasteiger partial charge in [0.25, 0.3) is 11.8 Å². The van der Waals surface area contributed by atoms with Crippen molar-refractivity contribution in [3.05, 3.63) is 47.9 Å². The van der Waals surface area contributed by atoms with Crippen molar-refractivity contribution >= 4 is 41.2 Å². The third kappa shape index (κ3) is 18.2. The van der Waals surface area contributed by atoms with Crippen LogP contribution < -0.4 is 27.4 Å². The first-order valence-electron chi connectivity index (χ1n) is 19.9. The number of unbranched alkanes of at least 4 members (excludes halogenated alkanes) is 1. The maximum atomic E-state index is 13.3. The van der Waals surface area contributed by atoms with Crippen LogP contribution in [0.25, 0.3) is 0 Å². The molecule has 0 radical (unpaired) electrons. The molecule has 3 atom stereocenters. The molecule has 1 aromatic heterocycles. The lowest BCUT2D eigenvalue weighted by atomic mass is 9.74. The van der Waals surface area contributed by atoms with E-state index in [1.165, 1.54) is 13.0 Å². The van der Waals surface area contributed by atoms with Gasteiger partial charge in [0.2, 0.25) is 17.7 Å². The summed E-state index contributed by atoms with van der Waals surface area (Å²) in [6, 6.07) is 3.83. The average molecular weight is 847 g/mol. The standard InChI is InChI=1S/C35H56N6O11.C6H8NO/c1-21(17-26(43)38-23-11-7-10-16-41(51)32(23)48)52-33(49)24(12-8-9-15-40(50)28(45)18-35(5,6)20-34(2,3)4)39-27(44)19-37-31(47)29-22(36)13-14-25(42)30(29)46;7-4-6-2-1-3-8-5-6/h13-14,21,23-24,42,46,50-51H,7-12,15-20,36H2,1-6H3,(H,37,47)(H,38,43)(H,39,44);1-3,5H,4,7H2/q;+1. The van der Waals surface area contributed by atoms with E-state index in [0.29, 0.717) is 35.9 Å². The Bertz CT molecular complexity index is 1750. The lowest BCUT2D eigenvalue weighted by molar-refractivity contribution is -0.168. The van der Waals surface area contributed by atoms with Gasteiger partial charge >= 0.3 is 18.5 Å². The fraction of sp³-hybridized carbons (Fsp3) is 0.585. The predicted octanol–water partition coefficient (Wildman–Crippen LogP) is 3.36. The van der Waals surface area contributed by atoms with E-state index in [1.54, 1.807) is 12.5 Å². The van der Waals surface area contributed by atoms with Gasteiger partial charge in [0, 0.05) is 37.8 Å². The zero-order valence-corrected chi connectivity index (χ0v) is 35.5. The summed E-state index contributed by atoms with van der Waals surface area (Å²) < 4.78 is 10.3. The number of nitrogen functional groups attached to an aromatic ring is 1. The van der Waals surface area contributed by atoms with E-state index in [0.717, 1.165) is 18.1 Å². The van der Waals surface area contributed by atoms with Crippen molar-refractivity contribution in [2.45, 2.75) is 124 Å². The SMILES string of the molecule is CC(CC(=O)NC1CCCCN(O)C1=O)OC(=O)C(CCCCN(O)C(=O)CC(C)(C)CC(C)(C)C)NC(=O)CNC(=O)c1c(N)ccc(O)c1O.NCc1ccc[o+]c1. The number of hydrogen-bond donors (Lipinski definition) is 9. The van der Waals surface area contributed by atoms with Crippen LogP contribution >= 0.6 is 0 Å². The third-order valence-corrected chi connectivity index (χ3v) is 9.20. The Morgan fingerprint density at radius 3 is 2.37 bits per heavy atom. The van der Waals surface area contributed by atoms with E-state index in [1.807, 2.05) is 26.0 Å². The summed E-state index contributed by atoms with van der Waals surface area (Å²) in [6.45, 7) is 11.6. The number of amides is 5. The van der Waals surface area contributed by atoms with Crippen LogP contribution in [0.1, 0.15) is 115 Å². The number of anilines is 1. The first kappa shape index (κ1) is 50.6. The molecule has 2 aromatic rings. The van der Waals surface area contributed by atoms with E-state index >= 15 is 0 Å². The summed E-state index contributed by atoms with van der Waals surface area (Å²) in [5, 5.41) is 48.5. The highest BCUT2D eigenvalue weighted by molar-refractivity contribution is 6.04. The van der Waals surface area contributed by atoms with Crippen LogP contribution in [0, 0.1) is 10.8 Å². The number of hydroxylamine groups is 4. The topological polar surface area (TPSA) is 298 Å². The monoisotopic (exact) mass is 846 g/mol. The van der Waals surface area contributed by atoms with Gasteiger partial charge in [-0.15, -0.1) is 0 Å². The van der Waals surface area contributed by atoms with Gasteiger partial charge in [0.15, 0.2) is 11.5 Å². The van der Waals surface area contributed by atoms with Gasteiger partial charge in [-0.05, 0) is 80.9 Å². The predicted molar refractivity (Wildman–Crippen MR) is 219 cm³/mol. The van der Waals surface area contributed by atoms with Crippen LogP contribution in [0.5, 0.6) is 11.5 Å². The van der Waals surface area contributed by atoms with Crippen molar-refractivity contribution in [3.63, 3.8) is 0 Å². The normalized spacial score (nSPS) is 15.3. The summed E-state index contributed by atoms with van der Waals surface area (Å²) >= 11 is 0. The maximum absolute atomic E-state index is 13.3. The minimum absolute atomic E-state index is 0.00180. The first-order chi connectivity index (χ1) is 28.0. The van der Waals surface area contributed by atoms with E-state index < -0.39 is 77.3 Å². The zero-order chi connectivity index (χ0) is 45.2. The second-order valence-corrected chi connectivity index (χ2v) is 16.8. The molecule has 334 valence electrons. The number of esters is 1. The molecule has 1 aliphatic rings. The van der Waals surface area contributed by atoms with Gasteiger partial charge in [-0.1, -0.05) is 34.6 Å². The molecular formula is C41H64N7O12+. The Balaban J connectivity index is 0.00000138. The molecule has 1 fully saturated rings. The van der Waals surface area contributed by atoms with Crippen LogP contribution in [0.3, 0.4) is 0 Å². The molecule has 0 bridgehead atoms. The zero-order valence-electron chi connectivity index (χ0n) is 35.5. The van der Waals surface area contributed by atoms with Gasteiger partial charge in [-0.3, -0.25) is 34.4 Å². The molecule has 11 N–H and O–H groups in total.